The Labute approximate surface area is 33.9 Å². The summed E-state index contributed by atoms with van der Waals surface area (Å²) in [7, 11) is 1.50. The molecule has 4 heteroatoms. The van der Waals surface area contributed by atoms with Crippen LogP contribution in [-0.2, 0) is 0 Å². The average Bonchev–Trinajstić information content (AvgIpc) is 1.41. The van der Waals surface area contributed by atoms with Gasteiger partial charge in [-0.1, -0.05) is 0 Å². The molecular weight excluding hydrogens is 95.0 g/mol. The van der Waals surface area contributed by atoms with E-state index in [-0.39, 0.29) is 0 Å². The van der Waals surface area contributed by atoms with Gasteiger partial charge in [0.15, 0.2) is 0 Å². The Morgan fingerprint density at radius 1 is 1.17 bits per heavy atom. The maximum atomic E-state index is 9.58. The van der Waals surface area contributed by atoms with Gasteiger partial charge in [0, 0.05) is 0 Å². The van der Waals surface area contributed by atoms with Gasteiger partial charge in [-0.2, -0.15) is 13.2 Å². The Morgan fingerprint density at radius 2 is 1.17 bits per heavy atom. The Bertz CT molecular complexity index is 13.5. The van der Waals surface area contributed by atoms with E-state index in [1.54, 1.807) is 0 Å². The molecule has 0 bridgehead atoms. The fraction of sp³-hybridized carbons (Fsp3) is 0.500. The average molecular weight is 100 g/mol. The molecule has 0 heterocycles. The van der Waals surface area contributed by atoms with Crippen LogP contribution >= 0.6 is 0 Å². The van der Waals surface area contributed by atoms with Crippen molar-refractivity contribution in [3.8, 4) is 0 Å². The Kier molecular flexibility index (Phi) is 13.6. The van der Waals surface area contributed by atoms with Gasteiger partial charge in [-0.15, -0.1) is 0 Å². The van der Waals surface area contributed by atoms with E-state index < -0.39 is 6.68 Å². The molecule has 0 spiro atoms. The topological polar surface area (TPSA) is 26.0 Å². The molecule has 0 saturated carbocycles. The first-order valence-electron chi connectivity index (χ1n) is 1.14. The van der Waals surface area contributed by atoms with Gasteiger partial charge in [0.2, 0.25) is 0 Å². The maximum absolute atomic E-state index is 9.58. The molecule has 6 heavy (non-hydrogen) atoms. The van der Waals surface area contributed by atoms with Gasteiger partial charge in [0.05, 0.1) is 0 Å². The van der Waals surface area contributed by atoms with Crippen molar-refractivity contribution in [2.24, 2.45) is 5.73 Å². The molecule has 39 valence electrons. The van der Waals surface area contributed by atoms with E-state index in [0.717, 1.165) is 0 Å². The lowest BCUT2D eigenvalue weighted by molar-refractivity contribution is 0.142. The molecule has 0 saturated heterocycles. The molecule has 0 aliphatic rings. The summed E-state index contributed by atoms with van der Waals surface area (Å²) < 4.78 is 28.8. The summed E-state index contributed by atoms with van der Waals surface area (Å²) in [6.07, 6.45) is 0. The van der Waals surface area contributed by atoms with E-state index >= 15 is 0 Å². The molecule has 0 aromatic rings. The number of hydrogen-bond acceptors (Lipinski definition) is 1. The monoisotopic (exact) mass is 100 g/mol. The second-order valence-corrected chi connectivity index (χ2v) is 0.214. The highest BCUT2D eigenvalue weighted by Gasteiger charge is 1.93. The number of halogens is 3. The highest BCUT2D eigenvalue weighted by molar-refractivity contribution is 4.21. The van der Waals surface area contributed by atoms with Gasteiger partial charge >= 0.3 is 6.68 Å². The third-order valence-electron chi connectivity index (χ3n) is 0. The van der Waals surface area contributed by atoms with Crippen molar-refractivity contribution in [3.05, 3.63) is 6.68 Å². The van der Waals surface area contributed by atoms with Gasteiger partial charge in [-0.3, -0.25) is 0 Å². The molecule has 0 amide bonds. The standard InChI is InChI=1S/CF3.CH5N/c2-1(3)4;1-2/h;2H2,1H3. The van der Waals surface area contributed by atoms with Crippen LogP contribution in [0.1, 0.15) is 0 Å². The summed E-state index contributed by atoms with van der Waals surface area (Å²) in [4.78, 5) is 0. The zero-order valence-electron chi connectivity index (χ0n) is 3.21. The minimum absolute atomic E-state index is 1.50. The number of rotatable bonds is 0. The molecule has 0 aliphatic heterocycles. The SMILES string of the molecule is CN.F[C](F)F. The van der Waals surface area contributed by atoms with Crippen molar-refractivity contribution >= 4 is 0 Å². The van der Waals surface area contributed by atoms with Gasteiger partial charge in [0.1, 0.15) is 0 Å². The summed E-state index contributed by atoms with van der Waals surface area (Å²) in [5.41, 5.74) is 4.50. The first kappa shape index (κ1) is 9.23. The predicted octanol–water partition coefficient (Wildman–Crippen LogP) is 0.917. The van der Waals surface area contributed by atoms with E-state index in [4.69, 9.17) is 0 Å². The van der Waals surface area contributed by atoms with Gasteiger partial charge in [0.25, 0.3) is 0 Å². The van der Waals surface area contributed by atoms with Crippen LogP contribution in [0.3, 0.4) is 0 Å². The predicted molar refractivity (Wildman–Crippen MR) is 16.7 cm³/mol. The lowest BCUT2D eigenvalue weighted by atomic mass is 11.6. The third kappa shape index (κ3) is 454. The van der Waals surface area contributed by atoms with Crippen LogP contribution in [0.5, 0.6) is 0 Å². The zero-order chi connectivity index (χ0) is 5.58. The first-order valence-corrected chi connectivity index (χ1v) is 1.14. The molecular formula is C2H5F3N. The van der Waals surface area contributed by atoms with E-state index in [1.807, 2.05) is 0 Å². The molecule has 0 aromatic carbocycles. The van der Waals surface area contributed by atoms with Crippen molar-refractivity contribution < 1.29 is 13.2 Å². The maximum Gasteiger partial charge on any atom is 0.487 e. The summed E-state index contributed by atoms with van der Waals surface area (Å²) in [6.45, 7) is -3.08. The van der Waals surface area contributed by atoms with Crippen molar-refractivity contribution in [2.75, 3.05) is 7.05 Å². The van der Waals surface area contributed by atoms with Crippen molar-refractivity contribution in [3.63, 3.8) is 0 Å². The van der Waals surface area contributed by atoms with E-state index in [9.17, 15) is 13.2 Å². The Balaban J connectivity index is 0. The fourth-order valence-corrected chi connectivity index (χ4v) is 0. The van der Waals surface area contributed by atoms with Gasteiger partial charge in [-0.25, -0.2) is 0 Å². The molecule has 0 fully saturated rings. The van der Waals surface area contributed by atoms with E-state index in [2.05, 4.69) is 5.73 Å². The second-order valence-electron chi connectivity index (χ2n) is 0.214. The molecule has 0 aromatic heterocycles. The molecule has 2 N–H and O–H groups in total. The third-order valence-corrected chi connectivity index (χ3v) is 0. The van der Waals surface area contributed by atoms with Crippen LogP contribution in [0.25, 0.3) is 0 Å². The minimum atomic E-state index is -3.08. The van der Waals surface area contributed by atoms with Crippen LogP contribution in [0.4, 0.5) is 13.2 Å². The smallest absolute Gasteiger partial charge is 0.333 e. The largest absolute Gasteiger partial charge is 0.487 e. The van der Waals surface area contributed by atoms with Crippen LogP contribution in [0.2, 0.25) is 0 Å². The van der Waals surface area contributed by atoms with Crippen LogP contribution < -0.4 is 5.73 Å². The Hall–Kier alpha value is -0.250. The lowest BCUT2D eigenvalue weighted by Crippen LogP contribution is -1.69. The lowest BCUT2D eigenvalue weighted by Gasteiger charge is -1.60. The fourth-order valence-electron chi connectivity index (χ4n) is 0. The van der Waals surface area contributed by atoms with Crippen LogP contribution in [-0.4, -0.2) is 7.05 Å². The second kappa shape index (κ2) is 8.83. The minimum Gasteiger partial charge on any atom is -0.333 e. The molecule has 1 radical (unpaired) electrons. The summed E-state index contributed by atoms with van der Waals surface area (Å²) in [6, 6.07) is 0. The molecule has 1 nitrogen and oxygen atoms in total. The van der Waals surface area contributed by atoms with Crippen molar-refractivity contribution in [2.45, 2.75) is 0 Å². The quantitative estimate of drug-likeness (QED) is 0.481. The van der Waals surface area contributed by atoms with E-state index in [0.29, 0.717) is 0 Å². The molecule has 0 unspecified atom stereocenters. The van der Waals surface area contributed by atoms with Crippen LogP contribution in [0.15, 0.2) is 0 Å². The molecule has 0 rings (SSSR count). The molecule has 0 atom stereocenters. The molecule has 0 aliphatic carbocycles. The summed E-state index contributed by atoms with van der Waals surface area (Å²) in [5.74, 6) is 0. The first-order chi connectivity index (χ1) is 2.73. The zero-order valence-corrected chi connectivity index (χ0v) is 3.21. The number of nitrogens with two attached hydrogens (primary N) is 1. The van der Waals surface area contributed by atoms with Gasteiger partial charge in [-0.05, 0) is 7.05 Å². The summed E-state index contributed by atoms with van der Waals surface area (Å²) >= 11 is 0. The highest BCUT2D eigenvalue weighted by atomic mass is 19.4. The van der Waals surface area contributed by atoms with Gasteiger partial charge < -0.3 is 5.73 Å². The van der Waals surface area contributed by atoms with Crippen molar-refractivity contribution in [1.29, 1.82) is 0 Å². The van der Waals surface area contributed by atoms with Crippen LogP contribution in [0, 0.1) is 6.68 Å². The summed E-state index contributed by atoms with van der Waals surface area (Å²) in [5, 5.41) is 0. The Morgan fingerprint density at radius 3 is 1.17 bits per heavy atom. The number of hydrogen-bond donors (Lipinski definition) is 1. The normalized spacial score (nSPS) is 7.00. The highest BCUT2D eigenvalue weighted by Crippen LogP contribution is 1.99. The van der Waals surface area contributed by atoms with E-state index in [1.165, 1.54) is 7.05 Å². The van der Waals surface area contributed by atoms with Crippen molar-refractivity contribution in [1.82, 2.24) is 0 Å².